The van der Waals surface area contributed by atoms with E-state index in [0.29, 0.717) is 12.5 Å². The van der Waals surface area contributed by atoms with Gasteiger partial charge in [-0.25, -0.2) is 0 Å². The predicted molar refractivity (Wildman–Crippen MR) is 85.8 cm³/mol. The van der Waals surface area contributed by atoms with Crippen molar-refractivity contribution in [1.29, 1.82) is 0 Å². The SMILES string of the molecule is CC(C)C(C)C(O)C(CN)c1cccc2ccccc12. The molecule has 0 aromatic heterocycles. The summed E-state index contributed by atoms with van der Waals surface area (Å²) in [5.74, 6) is 0.648. The number of aliphatic hydroxyl groups excluding tert-OH is 1. The lowest BCUT2D eigenvalue weighted by molar-refractivity contribution is 0.0688. The molecule has 0 aliphatic carbocycles. The van der Waals surface area contributed by atoms with Crippen LogP contribution in [0.2, 0.25) is 0 Å². The highest BCUT2D eigenvalue weighted by atomic mass is 16.3. The van der Waals surface area contributed by atoms with Crippen LogP contribution in [0.4, 0.5) is 0 Å². The first-order chi connectivity index (χ1) is 9.56. The Morgan fingerprint density at radius 1 is 1.00 bits per heavy atom. The van der Waals surface area contributed by atoms with Crippen LogP contribution in [0.1, 0.15) is 32.3 Å². The van der Waals surface area contributed by atoms with Crippen molar-refractivity contribution < 1.29 is 5.11 Å². The van der Waals surface area contributed by atoms with E-state index >= 15 is 0 Å². The number of benzene rings is 2. The highest BCUT2D eigenvalue weighted by Crippen LogP contribution is 2.32. The number of aliphatic hydroxyl groups is 1. The average molecular weight is 271 g/mol. The summed E-state index contributed by atoms with van der Waals surface area (Å²) < 4.78 is 0. The Morgan fingerprint density at radius 2 is 1.65 bits per heavy atom. The summed E-state index contributed by atoms with van der Waals surface area (Å²) in [4.78, 5) is 0. The van der Waals surface area contributed by atoms with Gasteiger partial charge in [-0.05, 0) is 28.2 Å². The topological polar surface area (TPSA) is 46.2 Å². The van der Waals surface area contributed by atoms with Crippen molar-refractivity contribution in [2.45, 2.75) is 32.8 Å². The van der Waals surface area contributed by atoms with E-state index in [1.165, 1.54) is 10.8 Å². The normalized spacial score (nSPS) is 16.3. The molecule has 108 valence electrons. The van der Waals surface area contributed by atoms with Gasteiger partial charge in [-0.1, -0.05) is 63.2 Å². The van der Waals surface area contributed by atoms with E-state index in [2.05, 4.69) is 45.0 Å². The Morgan fingerprint density at radius 3 is 2.30 bits per heavy atom. The lowest BCUT2D eigenvalue weighted by atomic mass is 9.80. The van der Waals surface area contributed by atoms with E-state index in [9.17, 15) is 5.11 Å². The summed E-state index contributed by atoms with van der Waals surface area (Å²) in [7, 11) is 0. The third kappa shape index (κ3) is 2.87. The van der Waals surface area contributed by atoms with Crippen molar-refractivity contribution >= 4 is 10.8 Å². The Kier molecular flexibility index (Phi) is 4.79. The number of hydrogen-bond acceptors (Lipinski definition) is 2. The Bertz CT molecular complexity index is 559. The van der Waals surface area contributed by atoms with Crippen LogP contribution in [0, 0.1) is 11.8 Å². The predicted octanol–water partition coefficient (Wildman–Crippen LogP) is 3.54. The fourth-order valence-corrected chi connectivity index (χ4v) is 2.78. The second-order valence-electron chi connectivity index (χ2n) is 6.00. The van der Waals surface area contributed by atoms with Crippen LogP contribution in [0.25, 0.3) is 10.8 Å². The third-order valence-corrected chi connectivity index (χ3v) is 4.48. The summed E-state index contributed by atoms with van der Waals surface area (Å²) in [6, 6.07) is 14.5. The standard InChI is InChI=1S/C18H25NO/c1-12(2)13(3)18(20)17(11-19)16-10-6-8-14-7-4-5-9-15(14)16/h4-10,12-13,17-18,20H,11,19H2,1-3H3. The average Bonchev–Trinajstić information content (AvgIpc) is 2.47. The van der Waals surface area contributed by atoms with Crippen LogP contribution in [0.3, 0.4) is 0 Å². The number of fused-ring (bicyclic) bond motifs is 1. The van der Waals surface area contributed by atoms with Gasteiger partial charge in [0, 0.05) is 12.5 Å². The Labute approximate surface area is 121 Å². The third-order valence-electron chi connectivity index (χ3n) is 4.48. The van der Waals surface area contributed by atoms with Crippen molar-refractivity contribution in [3.05, 3.63) is 48.0 Å². The summed E-state index contributed by atoms with van der Waals surface area (Å²) in [6.07, 6.45) is -0.411. The van der Waals surface area contributed by atoms with Crippen LogP contribution in [-0.2, 0) is 0 Å². The number of hydrogen-bond donors (Lipinski definition) is 2. The summed E-state index contributed by atoms with van der Waals surface area (Å²) in [6.45, 7) is 6.85. The highest BCUT2D eigenvalue weighted by Gasteiger charge is 2.27. The van der Waals surface area contributed by atoms with Crippen LogP contribution in [0.15, 0.2) is 42.5 Å². The summed E-state index contributed by atoms with van der Waals surface area (Å²) in [5, 5.41) is 13.1. The smallest absolute Gasteiger partial charge is 0.0649 e. The Balaban J connectivity index is 2.44. The fraction of sp³-hybridized carbons (Fsp3) is 0.444. The molecule has 0 aliphatic rings. The molecule has 0 spiro atoms. The minimum Gasteiger partial charge on any atom is -0.392 e. The van der Waals surface area contributed by atoms with Crippen molar-refractivity contribution in [3.63, 3.8) is 0 Å². The van der Waals surface area contributed by atoms with E-state index in [1.54, 1.807) is 0 Å². The van der Waals surface area contributed by atoms with Gasteiger partial charge in [0.2, 0.25) is 0 Å². The zero-order valence-electron chi connectivity index (χ0n) is 12.6. The second-order valence-corrected chi connectivity index (χ2v) is 6.00. The van der Waals surface area contributed by atoms with Crippen molar-refractivity contribution in [3.8, 4) is 0 Å². The maximum atomic E-state index is 10.7. The molecular formula is C18H25NO. The summed E-state index contributed by atoms with van der Waals surface area (Å²) >= 11 is 0. The summed E-state index contributed by atoms with van der Waals surface area (Å²) in [5.41, 5.74) is 7.13. The number of nitrogens with two attached hydrogens (primary N) is 1. The molecule has 0 amide bonds. The van der Waals surface area contributed by atoms with Crippen molar-refractivity contribution in [1.82, 2.24) is 0 Å². The van der Waals surface area contributed by atoms with Gasteiger partial charge in [0.1, 0.15) is 0 Å². The van der Waals surface area contributed by atoms with Gasteiger partial charge in [0.15, 0.2) is 0 Å². The molecular weight excluding hydrogens is 246 g/mol. The van der Waals surface area contributed by atoms with Crippen LogP contribution < -0.4 is 5.73 Å². The van der Waals surface area contributed by atoms with Gasteiger partial charge < -0.3 is 10.8 Å². The molecule has 0 bridgehead atoms. The zero-order valence-corrected chi connectivity index (χ0v) is 12.6. The van der Waals surface area contributed by atoms with Crippen molar-refractivity contribution in [2.24, 2.45) is 17.6 Å². The maximum Gasteiger partial charge on any atom is 0.0649 e. The van der Waals surface area contributed by atoms with Gasteiger partial charge in [-0.3, -0.25) is 0 Å². The molecule has 0 fully saturated rings. The quantitative estimate of drug-likeness (QED) is 0.873. The molecule has 2 rings (SSSR count). The molecule has 3 unspecified atom stereocenters. The first kappa shape index (κ1) is 15.0. The molecule has 3 atom stereocenters. The number of rotatable bonds is 5. The first-order valence-corrected chi connectivity index (χ1v) is 7.42. The zero-order chi connectivity index (χ0) is 14.7. The van der Waals surface area contributed by atoms with Crippen LogP contribution in [0.5, 0.6) is 0 Å². The Hall–Kier alpha value is -1.38. The maximum absolute atomic E-state index is 10.7. The van der Waals surface area contributed by atoms with Crippen LogP contribution >= 0.6 is 0 Å². The minimum atomic E-state index is -0.411. The molecule has 2 heteroatoms. The van der Waals surface area contributed by atoms with E-state index in [-0.39, 0.29) is 11.8 Å². The fourth-order valence-electron chi connectivity index (χ4n) is 2.78. The molecule has 20 heavy (non-hydrogen) atoms. The van der Waals surface area contributed by atoms with Gasteiger partial charge >= 0.3 is 0 Å². The molecule has 0 saturated heterocycles. The second kappa shape index (κ2) is 6.38. The van der Waals surface area contributed by atoms with Crippen molar-refractivity contribution in [2.75, 3.05) is 6.54 Å². The van der Waals surface area contributed by atoms with Gasteiger partial charge in [-0.15, -0.1) is 0 Å². The minimum absolute atomic E-state index is 0.0153. The van der Waals surface area contributed by atoms with Gasteiger partial charge in [0.25, 0.3) is 0 Å². The van der Waals surface area contributed by atoms with E-state index in [0.717, 1.165) is 5.56 Å². The van der Waals surface area contributed by atoms with Gasteiger partial charge in [0.05, 0.1) is 6.10 Å². The molecule has 0 saturated carbocycles. The van der Waals surface area contributed by atoms with E-state index in [4.69, 9.17) is 5.73 Å². The van der Waals surface area contributed by atoms with E-state index < -0.39 is 6.10 Å². The molecule has 0 aliphatic heterocycles. The molecule has 3 N–H and O–H groups in total. The molecule has 0 heterocycles. The molecule has 2 aromatic carbocycles. The monoisotopic (exact) mass is 271 g/mol. The lowest BCUT2D eigenvalue weighted by Crippen LogP contribution is -2.33. The molecule has 0 radical (unpaired) electrons. The lowest BCUT2D eigenvalue weighted by Gasteiger charge is -2.30. The first-order valence-electron chi connectivity index (χ1n) is 7.42. The molecule has 2 nitrogen and oxygen atoms in total. The van der Waals surface area contributed by atoms with Gasteiger partial charge in [-0.2, -0.15) is 0 Å². The van der Waals surface area contributed by atoms with E-state index in [1.807, 2.05) is 18.2 Å². The highest BCUT2D eigenvalue weighted by molar-refractivity contribution is 5.86. The molecule has 2 aromatic rings. The van der Waals surface area contributed by atoms with Crippen LogP contribution in [-0.4, -0.2) is 17.8 Å². The largest absolute Gasteiger partial charge is 0.392 e.